The van der Waals surface area contributed by atoms with Crippen molar-refractivity contribution >= 4 is 45.9 Å². The average molecular weight is 387 g/mol. The lowest BCUT2D eigenvalue weighted by atomic mass is 10.2. The van der Waals surface area contributed by atoms with Gasteiger partial charge in [-0.1, -0.05) is 41.9 Å². The number of hydrogen-bond acceptors (Lipinski definition) is 1. The largest absolute Gasteiger partial charge is 0.334 e. The number of amides is 2. The van der Waals surface area contributed by atoms with Crippen LogP contribution in [0.15, 0.2) is 48.5 Å². The summed E-state index contributed by atoms with van der Waals surface area (Å²) in [5.41, 5.74) is 1.80. The van der Waals surface area contributed by atoms with Crippen LogP contribution in [0.1, 0.15) is 5.56 Å². The highest BCUT2D eigenvalue weighted by Crippen LogP contribution is 2.22. The molecule has 0 bridgehead atoms. The van der Waals surface area contributed by atoms with Gasteiger partial charge >= 0.3 is 6.03 Å². The summed E-state index contributed by atoms with van der Waals surface area (Å²) in [5.74, 6) is 0. The third-order valence-electron chi connectivity index (χ3n) is 2.48. The number of anilines is 1. The predicted molar refractivity (Wildman–Crippen MR) is 86.5 cm³/mol. The van der Waals surface area contributed by atoms with E-state index in [2.05, 4.69) is 33.2 Å². The molecular weight excluding hydrogens is 375 g/mol. The lowest BCUT2D eigenvalue weighted by molar-refractivity contribution is 0.251. The van der Waals surface area contributed by atoms with Gasteiger partial charge in [-0.05, 0) is 46.4 Å². The monoisotopic (exact) mass is 386 g/mol. The summed E-state index contributed by atoms with van der Waals surface area (Å²) < 4.78 is 0.903. The van der Waals surface area contributed by atoms with E-state index in [1.807, 2.05) is 30.3 Å². The summed E-state index contributed by atoms with van der Waals surface area (Å²) in [5, 5.41) is 6.25. The van der Waals surface area contributed by atoms with Gasteiger partial charge in [0.1, 0.15) is 0 Å². The summed E-state index contributed by atoms with van der Waals surface area (Å²) in [7, 11) is 0. The highest BCUT2D eigenvalue weighted by atomic mass is 127. The van der Waals surface area contributed by atoms with Crippen molar-refractivity contribution in [1.82, 2.24) is 5.32 Å². The Kier molecular flexibility index (Phi) is 5.04. The third-order valence-corrected chi connectivity index (χ3v) is 3.60. The van der Waals surface area contributed by atoms with E-state index in [4.69, 9.17) is 11.6 Å². The van der Waals surface area contributed by atoms with Crippen molar-refractivity contribution in [3.05, 3.63) is 62.7 Å². The molecule has 19 heavy (non-hydrogen) atoms. The van der Waals surface area contributed by atoms with Crippen LogP contribution in [0.4, 0.5) is 10.5 Å². The molecule has 2 aromatic carbocycles. The minimum absolute atomic E-state index is 0.232. The average Bonchev–Trinajstić information content (AvgIpc) is 2.41. The number of carbonyl (C=O) groups excluding carboxylic acids is 1. The Labute approximate surface area is 130 Å². The van der Waals surface area contributed by atoms with Crippen LogP contribution in [0.5, 0.6) is 0 Å². The Balaban J connectivity index is 1.91. The van der Waals surface area contributed by atoms with Gasteiger partial charge in [0, 0.05) is 15.1 Å². The Hall–Kier alpha value is -1.27. The number of halogens is 2. The fourth-order valence-corrected chi connectivity index (χ4v) is 2.54. The number of carbonyl (C=O) groups is 1. The maximum Gasteiger partial charge on any atom is 0.319 e. The second kappa shape index (κ2) is 6.77. The molecule has 0 aliphatic carbocycles. The molecule has 0 aliphatic heterocycles. The van der Waals surface area contributed by atoms with Crippen molar-refractivity contribution < 1.29 is 4.79 Å². The first-order valence-corrected chi connectivity index (χ1v) is 7.14. The zero-order valence-corrected chi connectivity index (χ0v) is 12.9. The SMILES string of the molecule is O=C(NCc1ccccc1)Nc1ccc(Cl)cc1I. The topological polar surface area (TPSA) is 41.1 Å². The van der Waals surface area contributed by atoms with E-state index in [0.717, 1.165) is 14.8 Å². The molecule has 0 radical (unpaired) electrons. The van der Waals surface area contributed by atoms with Crippen LogP contribution >= 0.6 is 34.2 Å². The summed E-state index contributed by atoms with van der Waals surface area (Å²) >= 11 is 7.99. The summed E-state index contributed by atoms with van der Waals surface area (Å²) in [6.07, 6.45) is 0. The summed E-state index contributed by atoms with van der Waals surface area (Å²) in [4.78, 5) is 11.8. The molecule has 2 rings (SSSR count). The van der Waals surface area contributed by atoms with Gasteiger partial charge in [0.15, 0.2) is 0 Å². The Bertz CT molecular complexity index is 575. The maximum absolute atomic E-state index is 11.8. The second-order valence-electron chi connectivity index (χ2n) is 3.92. The van der Waals surface area contributed by atoms with Crippen LogP contribution in [0.2, 0.25) is 5.02 Å². The first-order chi connectivity index (χ1) is 9.15. The van der Waals surface area contributed by atoms with Crippen LogP contribution in [0.25, 0.3) is 0 Å². The normalized spacial score (nSPS) is 10.0. The number of rotatable bonds is 3. The van der Waals surface area contributed by atoms with Gasteiger partial charge in [-0.2, -0.15) is 0 Å². The quantitative estimate of drug-likeness (QED) is 0.760. The molecule has 0 atom stereocenters. The zero-order chi connectivity index (χ0) is 13.7. The number of nitrogens with one attached hydrogen (secondary N) is 2. The van der Waals surface area contributed by atoms with E-state index in [1.165, 1.54) is 0 Å². The van der Waals surface area contributed by atoms with Gasteiger partial charge < -0.3 is 10.6 Å². The van der Waals surface area contributed by atoms with E-state index in [1.54, 1.807) is 18.2 Å². The molecule has 0 unspecified atom stereocenters. The Morgan fingerprint density at radius 2 is 1.89 bits per heavy atom. The Morgan fingerprint density at radius 1 is 1.16 bits per heavy atom. The lowest BCUT2D eigenvalue weighted by Gasteiger charge is -2.09. The Morgan fingerprint density at radius 3 is 2.58 bits per heavy atom. The van der Waals surface area contributed by atoms with E-state index < -0.39 is 0 Å². The van der Waals surface area contributed by atoms with Crippen LogP contribution in [-0.2, 0) is 6.54 Å². The third kappa shape index (κ3) is 4.40. The van der Waals surface area contributed by atoms with Crippen molar-refractivity contribution in [1.29, 1.82) is 0 Å². The first-order valence-electron chi connectivity index (χ1n) is 5.69. The van der Waals surface area contributed by atoms with Gasteiger partial charge in [0.2, 0.25) is 0 Å². The molecule has 2 amide bonds. The summed E-state index contributed by atoms with van der Waals surface area (Å²) in [6.45, 7) is 0.497. The highest BCUT2D eigenvalue weighted by Gasteiger charge is 2.05. The number of urea groups is 1. The van der Waals surface area contributed by atoms with Crippen molar-refractivity contribution in [2.45, 2.75) is 6.54 Å². The minimum Gasteiger partial charge on any atom is -0.334 e. The molecule has 3 nitrogen and oxygen atoms in total. The van der Waals surface area contributed by atoms with Crippen molar-refractivity contribution in [2.24, 2.45) is 0 Å². The van der Waals surface area contributed by atoms with E-state index in [-0.39, 0.29) is 6.03 Å². The molecule has 0 spiro atoms. The molecular formula is C14H12ClIN2O. The summed E-state index contributed by atoms with van der Waals surface area (Å²) in [6, 6.07) is 14.9. The molecule has 0 aliphatic rings. The predicted octanol–water partition coefficient (Wildman–Crippen LogP) is 4.27. The van der Waals surface area contributed by atoms with E-state index in [0.29, 0.717) is 11.6 Å². The number of benzene rings is 2. The zero-order valence-electron chi connectivity index (χ0n) is 9.99. The molecule has 0 fully saturated rings. The number of hydrogen-bond donors (Lipinski definition) is 2. The van der Waals surface area contributed by atoms with E-state index in [9.17, 15) is 4.79 Å². The molecule has 0 saturated carbocycles. The van der Waals surface area contributed by atoms with Gasteiger partial charge in [-0.15, -0.1) is 0 Å². The maximum atomic E-state index is 11.8. The highest BCUT2D eigenvalue weighted by molar-refractivity contribution is 14.1. The van der Waals surface area contributed by atoms with Crippen molar-refractivity contribution in [3.63, 3.8) is 0 Å². The lowest BCUT2D eigenvalue weighted by Crippen LogP contribution is -2.28. The minimum atomic E-state index is -0.232. The van der Waals surface area contributed by atoms with Crippen LogP contribution < -0.4 is 10.6 Å². The smallest absolute Gasteiger partial charge is 0.319 e. The second-order valence-corrected chi connectivity index (χ2v) is 5.52. The van der Waals surface area contributed by atoms with Crippen molar-refractivity contribution in [2.75, 3.05) is 5.32 Å². The van der Waals surface area contributed by atoms with Crippen LogP contribution in [0, 0.1) is 3.57 Å². The molecule has 2 N–H and O–H groups in total. The molecule has 98 valence electrons. The van der Waals surface area contributed by atoms with Gasteiger partial charge in [0.05, 0.1) is 5.69 Å². The van der Waals surface area contributed by atoms with Crippen molar-refractivity contribution in [3.8, 4) is 0 Å². The van der Waals surface area contributed by atoms with Crippen LogP contribution in [0.3, 0.4) is 0 Å². The molecule has 0 aromatic heterocycles. The van der Waals surface area contributed by atoms with Gasteiger partial charge in [0.25, 0.3) is 0 Å². The first kappa shape index (κ1) is 14.1. The molecule has 5 heteroatoms. The molecule has 0 saturated heterocycles. The fraction of sp³-hybridized carbons (Fsp3) is 0.0714. The molecule has 0 heterocycles. The molecule has 2 aromatic rings. The van der Waals surface area contributed by atoms with Gasteiger partial charge in [-0.3, -0.25) is 0 Å². The fourth-order valence-electron chi connectivity index (χ4n) is 1.54. The van der Waals surface area contributed by atoms with Crippen LogP contribution in [-0.4, -0.2) is 6.03 Å². The van der Waals surface area contributed by atoms with Gasteiger partial charge in [-0.25, -0.2) is 4.79 Å². The van der Waals surface area contributed by atoms with E-state index >= 15 is 0 Å². The standard InChI is InChI=1S/C14H12ClIN2O/c15-11-6-7-13(12(16)8-11)18-14(19)17-9-10-4-2-1-3-5-10/h1-8H,9H2,(H2,17,18,19).